The van der Waals surface area contributed by atoms with Gasteiger partial charge in [0, 0.05) is 43.3 Å². The first-order chi connectivity index (χ1) is 18.9. The Morgan fingerprint density at radius 2 is 1.54 bits per heavy atom. The molecule has 4 rings (SSSR count). The van der Waals surface area contributed by atoms with Gasteiger partial charge in [-0.3, -0.25) is 15.0 Å². The summed E-state index contributed by atoms with van der Waals surface area (Å²) in [6, 6.07) is 27.1. The number of hydrogen-bond donors (Lipinski definition) is 3. The zero-order valence-corrected chi connectivity index (χ0v) is 22.7. The second-order valence-electron chi connectivity index (χ2n) is 10.1. The van der Waals surface area contributed by atoms with Gasteiger partial charge in [-0.05, 0) is 42.0 Å². The van der Waals surface area contributed by atoms with Gasteiger partial charge in [0.25, 0.3) is 0 Å². The highest BCUT2D eigenvalue weighted by Gasteiger charge is 2.31. The summed E-state index contributed by atoms with van der Waals surface area (Å²) in [7, 11) is 1.83. The number of para-hydroxylation sites is 1. The number of hydrogen-bond acceptors (Lipinski definition) is 4. The number of benzene rings is 3. The number of H-pyrrole nitrogens is 1. The van der Waals surface area contributed by atoms with E-state index in [2.05, 4.69) is 17.3 Å². The zero-order valence-electron chi connectivity index (χ0n) is 22.7. The minimum absolute atomic E-state index is 0.00942. The van der Waals surface area contributed by atoms with Gasteiger partial charge in [0.1, 0.15) is 6.04 Å². The van der Waals surface area contributed by atoms with Crippen LogP contribution in [-0.2, 0) is 29.0 Å². The normalized spacial score (nSPS) is 12.9. The summed E-state index contributed by atoms with van der Waals surface area (Å²) in [6.45, 7) is 3.17. The van der Waals surface area contributed by atoms with E-state index in [-0.39, 0.29) is 12.3 Å². The van der Waals surface area contributed by atoms with Crippen LogP contribution in [0.15, 0.2) is 91.1 Å². The fourth-order valence-electron chi connectivity index (χ4n) is 5.08. The quantitative estimate of drug-likeness (QED) is 0.200. The van der Waals surface area contributed by atoms with Crippen molar-refractivity contribution in [2.45, 2.75) is 51.2 Å². The molecular weight excluding hydrogens is 488 g/mol. The summed E-state index contributed by atoms with van der Waals surface area (Å²) in [5, 5.41) is 12.8. The molecule has 1 aromatic heterocycles. The van der Waals surface area contributed by atoms with Gasteiger partial charge in [-0.15, -0.1) is 0 Å². The van der Waals surface area contributed by atoms with E-state index in [9.17, 15) is 14.7 Å². The molecule has 1 amide bonds. The lowest BCUT2D eigenvalue weighted by molar-refractivity contribution is -0.139. The average molecular weight is 527 g/mol. The molecule has 0 spiro atoms. The van der Waals surface area contributed by atoms with Gasteiger partial charge in [0.15, 0.2) is 0 Å². The molecule has 1 unspecified atom stereocenters. The minimum Gasteiger partial charge on any atom is -0.481 e. The summed E-state index contributed by atoms with van der Waals surface area (Å²) in [5.41, 5.74) is 7.68. The second-order valence-corrected chi connectivity index (χ2v) is 10.1. The molecule has 7 heteroatoms. The number of rotatable bonds is 14. The van der Waals surface area contributed by atoms with Crippen LogP contribution in [0.1, 0.15) is 36.5 Å². The Bertz CT molecular complexity index is 1340. The van der Waals surface area contributed by atoms with Crippen LogP contribution in [0.4, 0.5) is 0 Å². The molecule has 0 radical (unpaired) electrons. The maximum atomic E-state index is 14.0. The molecule has 0 saturated heterocycles. The molecule has 0 fully saturated rings. The van der Waals surface area contributed by atoms with E-state index >= 15 is 0 Å². The summed E-state index contributed by atoms with van der Waals surface area (Å²) in [4.78, 5) is 30.9. The Morgan fingerprint density at radius 1 is 0.897 bits per heavy atom. The maximum Gasteiger partial charge on any atom is 0.304 e. The van der Waals surface area contributed by atoms with Crippen LogP contribution in [0, 0.1) is 0 Å². The molecule has 204 valence electrons. The number of carbonyl (C=O) groups is 2. The predicted octanol–water partition coefficient (Wildman–Crippen LogP) is 5.04. The number of aromatic amines is 1. The number of aromatic nitrogens is 1. The number of nitrogens with zero attached hydrogens (tertiary/aromatic N) is 2. The topological polar surface area (TPSA) is 88.7 Å². The monoisotopic (exact) mass is 526 g/mol. The average Bonchev–Trinajstić information content (AvgIpc) is 3.34. The number of carboxylic acids is 1. The lowest BCUT2D eigenvalue weighted by Crippen LogP contribution is -2.57. The highest BCUT2D eigenvalue weighted by Crippen LogP contribution is 2.21. The fraction of sp³-hybridized carbons (Fsp3) is 0.312. The summed E-state index contributed by atoms with van der Waals surface area (Å²) < 4.78 is 0. The van der Waals surface area contributed by atoms with Crippen molar-refractivity contribution in [3.05, 3.63) is 108 Å². The minimum atomic E-state index is -0.879. The third-order valence-electron chi connectivity index (χ3n) is 6.95. The largest absolute Gasteiger partial charge is 0.481 e. The molecule has 3 N–H and O–H groups in total. The van der Waals surface area contributed by atoms with Gasteiger partial charge >= 0.3 is 5.97 Å². The van der Waals surface area contributed by atoms with Crippen molar-refractivity contribution in [2.75, 3.05) is 13.6 Å². The molecule has 3 aromatic carbocycles. The number of aliphatic carboxylic acids is 1. The molecule has 0 aliphatic heterocycles. The molecular formula is C32H38N4O3. The van der Waals surface area contributed by atoms with E-state index in [0.717, 1.165) is 34.0 Å². The highest BCUT2D eigenvalue weighted by atomic mass is 16.4. The van der Waals surface area contributed by atoms with Gasteiger partial charge < -0.3 is 15.0 Å². The van der Waals surface area contributed by atoms with Crippen LogP contribution in [0.3, 0.4) is 0 Å². The first kappa shape index (κ1) is 28.1. The van der Waals surface area contributed by atoms with Crippen molar-refractivity contribution in [1.29, 1.82) is 0 Å². The lowest BCUT2D eigenvalue weighted by atomic mass is 10.0. The van der Waals surface area contributed by atoms with Crippen molar-refractivity contribution in [3.63, 3.8) is 0 Å². The van der Waals surface area contributed by atoms with Crippen LogP contribution < -0.4 is 5.43 Å². The van der Waals surface area contributed by atoms with Gasteiger partial charge in [-0.1, -0.05) is 85.8 Å². The van der Waals surface area contributed by atoms with Crippen LogP contribution >= 0.6 is 0 Å². The fourth-order valence-corrected chi connectivity index (χ4v) is 5.08. The number of fused-ring (bicyclic) bond motifs is 1. The van der Waals surface area contributed by atoms with Crippen LogP contribution in [-0.4, -0.2) is 57.6 Å². The van der Waals surface area contributed by atoms with E-state index in [1.807, 2.05) is 103 Å². The Labute approximate surface area is 230 Å². The smallest absolute Gasteiger partial charge is 0.304 e. The number of amides is 1. The van der Waals surface area contributed by atoms with E-state index in [4.69, 9.17) is 0 Å². The van der Waals surface area contributed by atoms with Crippen molar-refractivity contribution in [2.24, 2.45) is 0 Å². The molecule has 0 saturated carbocycles. The molecule has 0 aliphatic carbocycles. The van der Waals surface area contributed by atoms with Gasteiger partial charge in [0.05, 0.1) is 6.42 Å². The van der Waals surface area contributed by atoms with E-state index in [1.165, 1.54) is 0 Å². The summed E-state index contributed by atoms with van der Waals surface area (Å²) in [5.74, 6) is -0.888. The number of hydrazine groups is 1. The van der Waals surface area contributed by atoms with Crippen LogP contribution in [0.5, 0.6) is 0 Å². The van der Waals surface area contributed by atoms with Gasteiger partial charge in [-0.2, -0.15) is 0 Å². The van der Waals surface area contributed by atoms with E-state index < -0.39 is 18.1 Å². The Hall–Kier alpha value is -3.94. The van der Waals surface area contributed by atoms with Crippen LogP contribution in [0.25, 0.3) is 10.9 Å². The first-order valence-corrected chi connectivity index (χ1v) is 13.6. The van der Waals surface area contributed by atoms with E-state index in [1.54, 1.807) is 4.90 Å². The SMILES string of the molecule is CCCN(N[C@H](CC(=O)O)Cc1c[nH]c2ccccc12)C(Cc1ccccc1)C(=O)N(C)Cc1ccccc1. The van der Waals surface area contributed by atoms with Gasteiger partial charge in [0.2, 0.25) is 5.91 Å². The molecule has 0 bridgehead atoms. The zero-order chi connectivity index (χ0) is 27.6. The molecule has 2 atom stereocenters. The summed E-state index contributed by atoms with van der Waals surface area (Å²) in [6.07, 6.45) is 3.72. The lowest BCUT2D eigenvalue weighted by Gasteiger charge is -2.36. The molecule has 0 aliphatic rings. The number of likely N-dealkylation sites (N-methyl/N-ethyl adjacent to an activating group) is 1. The maximum absolute atomic E-state index is 14.0. The molecule has 39 heavy (non-hydrogen) atoms. The third kappa shape index (κ3) is 7.78. The van der Waals surface area contributed by atoms with Crippen molar-refractivity contribution >= 4 is 22.8 Å². The number of carboxylic acid groups (broad SMARTS) is 1. The van der Waals surface area contributed by atoms with Gasteiger partial charge in [-0.25, -0.2) is 5.01 Å². The second kappa shape index (κ2) is 13.7. The van der Waals surface area contributed by atoms with Crippen LogP contribution in [0.2, 0.25) is 0 Å². The predicted molar refractivity (Wildman–Crippen MR) is 155 cm³/mol. The molecule has 1 heterocycles. The van der Waals surface area contributed by atoms with Crippen molar-refractivity contribution in [3.8, 4) is 0 Å². The van der Waals surface area contributed by atoms with E-state index in [0.29, 0.717) is 25.9 Å². The number of carbonyl (C=O) groups excluding carboxylic acids is 1. The molecule has 4 aromatic rings. The number of nitrogens with one attached hydrogen (secondary N) is 2. The Morgan fingerprint density at radius 3 is 2.21 bits per heavy atom. The Balaban J connectivity index is 1.61. The Kier molecular flexibility index (Phi) is 9.89. The third-order valence-corrected chi connectivity index (χ3v) is 6.95. The van der Waals surface area contributed by atoms with Crippen molar-refractivity contribution < 1.29 is 14.7 Å². The standard InChI is InChI=1S/C32H38N4O3/c1-3-18-36(34-27(21-31(37)38)20-26-22-33-29-17-11-10-16-28(26)29)30(19-24-12-6-4-7-13-24)32(39)35(2)23-25-14-8-5-9-15-25/h4-17,22,27,30,33-34H,3,18-21,23H2,1-2H3,(H,37,38)/t27-,30?/m0/s1. The van der Waals surface area contributed by atoms with Crippen molar-refractivity contribution in [1.82, 2.24) is 20.3 Å². The molecule has 7 nitrogen and oxygen atoms in total. The highest BCUT2D eigenvalue weighted by molar-refractivity contribution is 5.83. The summed E-state index contributed by atoms with van der Waals surface area (Å²) >= 11 is 0. The first-order valence-electron chi connectivity index (χ1n) is 13.6.